The maximum absolute atomic E-state index is 4.12. The highest BCUT2D eigenvalue weighted by Crippen LogP contribution is 2.23. The van der Waals surface area contributed by atoms with Crippen molar-refractivity contribution in [2.24, 2.45) is 16.8 Å². The summed E-state index contributed by atoms with van der Waals surface area (Å²) in [5, 5.41) is 3.48. The maximum Gasteiger partial charge on any atom is 0.0572 e. The molecule has 0 saturated carbocycles. The van der Waals surface area contributed by atoms with Crippen molar-refractivity contribution < 1.29 is 0 Å². The number of allylic oxidation sites excluding steroid dienone is 1. The Bertz CT molecular complexity index is 261. The van der Waals surface area contributed by atoms with Gasteiger partial charge in [-0.2, -0.15) is 0 Å². The van der Waals surface area contributed by atoms with Crippen molar-refractivity contribution >= 4 is 6.21 Å². The molecule has 0 aliphatic carbocycles. The predicted octanol–water partition coefficient (Wildman–Crippen LogP) is 1.71. The molecule has 0 fully saturated rings. The Morgan fingerprint density at radius 3 is 3.00 bits per heavy atom. The fourth-order valence-corrected chi connectivity index (χ4v) is 1.61. The second-order valence-corrected chi connectivity index (χ2v) is 3.66. The summed E-state index contributed by atoms with van der Waals surface area (Å²) in [4.78, 5) is 4.12. The normalized spacial score (nSPS) is 31.8. The summed E-state index contributed by atoms with van der Waals surface area (Å²) in [7, 11) is 0. The fraction of sp³-hybridized carbons (Fsp3) is 0.500. The molecule has 0 bridgehead atoms. The smallest absolute Gasteiger partial charge is 0.0572 e. The molecule has 0 radical (unpaired) electrons. The first-order valence-electron chi connectivity index (χ1n) is 4.45. The Hall–Kier alpha value is -1.05. The lowest BCUT2D eigenvalue weighted by Gasteiger charge is -2.16. The topological polar surface area (TPSA) is 24.4 Å². The molecule has 2 aliphatic heterocycles. The van der Waals surface area contributed by atoms with Gasteiger partial charge in [0, 0.05) is 24.0 Å². The van der Waals surface area contributed by atoms with Gasteiger partial charge in [-0.1, -0.05) is 19.9 Å². The van der Waals surface area contributed by atoms with Crippen LogP contribution in [0, 0.1) is 11.8 Å². The third-order valence-electron chi connectivity index (χ3n) is 2.38. The van der Waals surface area contributed by atoms with Crippen LogP contribution in [0.4, 0.5) is 0 Å². The van der Waals surface area contributed by atoms with E-state index < -0.39 is 0 Å². The molecule has 0 aromatic heterocycles. The van der Waals surface area contributed by atoms with Gasteiger partial charge in [0.25, 0.3) is 0 Å². The average molecular weight is 162 g/mol. The second-order valence-electron chi connectivity index (χ2n) is 3.66. The molecule has 2 heteroatoms. The fourth-order valence-electron chi connectivity index (χ4n) is 1.61. The van der Waals surface area contributed by atoms with Crippen LogP contribution in [0.3, 0.4) is 0 Å². The highest BCUT2D eigenvalue weighted by atomic mass is 15.0. The molecule has 2 atom stereocenters. The number of nitrogens with one attached hydrogen (secondary N) is 1. The van der Waals surface area contributed by atoms with Gasteiger partial charge in [0.15, 0.2) is 0 Å². The van der Waals surface area contributed by atoms with Crippen LogP contribution < -0.4 is 5.32 Å². The molecular formula is C10H14N2. The van der Waals surface area contributed by atoms with Crippen LogP contribution in [0.25, 0.3) is 0 Å². The zero-order valence-corrected chi connectivity index (χ0v) is 7.49. The molecule has 0 spiro atoms. The minimum absolute atomic E-state index is 0.458. The Labute approximate surface area is 73.1 Å². The van der Waals surface area contributed by atoms with Crippen molar-refractivity contribution in [2.45, 2.75) is 19.9 Å². The number of hydrogen-bond donors (Lipinski definition) is 1. The summed E-state index contributed by atoms with van der Waals surface area (Å²) in [6.45, 7) is 4.41. The van der Waals surface area contributed by atoms with Gasteiger partial charge in [-0.15, -0.1) is 0 Å². The van der Waals surface area contributed by atoms with Crippen LogP contribution in [0.5, 0.6) is 0 Å². The van der Waals surface area contributed by atoms with Crippen LogP contribution in [0.15, 0.2) is 29.0 Å². The number of aliphatic imine (C=N–C) groups is 1. The van der Waals surface area contributed by atoms with E-state index in [1.54, 1.807) is 0 Å². The third kappa shape index (κ3) is 1.17. The maximum atomic E-state index is 4.12. The lowest BCUT2D eigenvalue weighted by atomic mass is 10.0. The third-order valence-corrected chi connectivity index (χ3v) is 2.38. The minimum Gasteiger partial charge on any atom is -0.381 e. The van der Waals surface area contributed by atoms with Crippen LogP contribution in [0.2, 0.25) is 0 Å². The SMILES string of the molecule is CC(C)C1=CC2C=NC=CC2N1. The average Bonchev–Trinajstić information content (AvgIpc) is 2.46. The molecule has 64 valence electrons. The Morgan fingerprint density at radius 1 is 1.50 bits per heavy atom. The molecule has 2 aliphatic rings. The van der Waals surface area contributed by atoms with E-state index in [1.807, 2.05) is 12.4 Å². The summed E-state index contributed by atoms with van der Waals surface area (Å²) in [6, 6.07) is 0.458. The van der Waals surface area contributed by atoms with Gasteiger partial charge in [-0.3, -0.25) is 4.99 Å². The van der Waals surface area contributed by atoms with Crippen molar-refractivity contribution in [3.63, 3.8) is 0 Å². The summed E-state index contributed by atoms with van der Waals surface area (Å²) in [5.74, 6) is 1.07. The number of rotatable bonds is 1. The summed E-state index contributed by atoms with van der Waals surface area (Å²) in [5.41, 5.74) is 1.35. The quantitative estimate of drug-likeness (QED) is 0.623. The van der Waals surface area contributed by atoms with Crippen LogP contribution in [-0.2, 0) is 0 Å². The van der Waals surface area contributed by atoms with Crippen molar-refractivity contribution in [3.05, 3.63) is 24.0 Å². The summed E-state index contributed by atoms with van der Waals surface area (Å²) in [6.07, 6.45) is 8.28. The predicted molar refractivity (Wildman–Crippen MR) is 51.0 cm³/mol. The van der Waals surface area contributed by atoms with E-state index in [0.29, 0.717) is 17.9 Å². The lowest BCUT2D eigenvalue weighted by Crippen LogP contribution is -2.29. The van der Waals surface area contributed by atoms with Gasteiger partial charge in [0.2, 0.25) is 0 Å². The van der Waals surface area contributed by atoms with Gasteiger partial charge in [0.1, 0.15) is 0 Å². The molecule has 2 nitrogen and oxygen atoms in total. The molecule has 2 unspecified atom stereocenters. The Morgan fingerprint density at radius 2 is 2.33 bits per heavy atom. The standard InChI is InChI=1S/C10H14N2/c1-7(2)10-5-8-6-11-4-3-9(8)12-10/h3-9,12H,1-2H3. The van der Waals surface area contributed by atoms with E-state index in [9.17, 15) is 0 Å². The van der Waals surface area contributed by atoms with Gasteiger partial charge >= 0.3 is 0 Å². The van der Waals surface area contributed by atoms with E-state index in [2.05, 4.69) is 36.3 Å². The monoisotopic (exact) mass is 162 g/mol. The second kappa shape index (κ2) is 2.77. The number of nitrogens with zero attached hydrogens (tertiary/aromatic N) is 1. The summed E-state index contributed by atoms with van der Waals surface area (Å²) >= 11 is 0. The molecule has 12 heavy (non-hydrogen) atoms. The van der Waals surface area contributed by atoms with Crippen molar-refractivity contribution in [3.8, 4) is 0 Å². The molecule has 0 amide bonds. The lowest BCUT2D eigenvalue weighted by molar-refractivity contribution is 0.615. The zero-order valence-electron chi connectivity index (χ0n) is 7.49. The van der Waals surface area contributed by atoms with E-state index in [1.165, 1.54) is 5.70 Å². The van der Waals surface area contributed by atoms with Crippen LogP contribution in [0.1, 0.15) is 13.8 Å². The van der Waals surface area contributed by atoms with E-state index in [-0.39, 0.29) is 0 Å². The van der Waals surface area contributed by atoms with Crippen molar-refractivity contribution in [1.29, 1.82) is 0 Å². The van der Waals surface area contributed by atoms with Crippen LogP contribution >= 0.6 is 0 Å². The van der Waals surface area contributed by atoms with E-state index in [4.69, 9.17) is 0 Å². The van der Waals surface area contributed by atoms with Gasteiger partial charge in [0.05, 0.1) is 6.04 Å². The van der Waals surface area contributed by atoms with Crippen LogP contribution in [-0.4, -0.2) is 12.3 Å². The van der Waals surface area contributed by atoms with Gasteiger partial charge in [-0.05, 0) is 12.0 Å². The molecule has 0 aromatic carbocycles. The first-order valence-corrected chi connectivity index (χ1v) is 4.45. The first kappa shape index (κ1) is 7.59. The molecule has 1 N–H and O–H groups in total. The zero-order chi connectivity index (χ0) is 8.55. The minimum atomic E-state index is 0.458. The largest absolute Gasteiger partial charge is 0.381 e. The van der Waals surface area contributed by atoms with Gasteiger partial charge < -0.3 is 5.32 Å². The Balaban J connectivity index is 2.16. The number of hydrogen-bond acceptors (Lipinski definition) is 2. The number of fused-ring (bicyclic) bond motifs is 1. The van der Waals surface area contributed by atoms with E-state index >= 15 is 0 Å². The summed E-state index contributed by atoms with van der Waals surface area (Å²) < 4.78 is 0. The van der Waals surface area contributed by atoms with E-state index in [0.717, 1.165) is 0 Å². The van der Waals surface area contributed by atoms with Crippen molar-refractivity contribution in [1.82, 2.24) is 5.32 Å². The Kier molecular flexibility index (Phi) is 1.75. The molecule has 0 saturated heterocycles. The first-order chi connectivity index (χ1) is 5.77. The molecule has 2 rings (SSSR count). The highest BCUT2D eigenvalue weighted by molar-refractivity contribution is 5.68. The molecule has 0 aromatic rings. The highest BCUT2D eigenvalue weighted by Gasteiger charge is 2.25. The van der Waals surface area contributed by atoms with Gasteiger partial charge in [-0.25, -0.2) is 0 Å². The van der Waals surface area contributed by atoms with Crippen molar-refractivity contribution in [2.75, 3.05) is 0 Å². The molecule has 2 heterocycles. The molecular weight excluding hydrogens is 148 g/mol.